The molecule has 0 N–H and O–H groups in total. The molecule has 0 unspecified atom stereocenters. The van der Waals surface area contributed by atoms with Gasteiger partial charge in [-0.25, -0.2) is 15.0 Å². The fraction of sp³-hybridized carbons (Fsp3) is 0. The molecule has 0 spiro atoms. The van der Waals surface area contributed by atoms with Gasteiger partial charge in [-0.15, -0.1) is 0 Å². The molecule has 16 aromatic rings. The van der Waals surface area contributed by atoms with E-state index in [4.69, 9.17) is 23.8 Å². The number of nitrogens with zero attached hydrogens (tertiary/aromatic N) is 5. The van der Waals surface area contributed by atoms with Crippen LogP contribution in [-0.2, 0) is 0 Å². The monoisotopic (exact) mass is 971 g/mol. The molecule has 0 aliphatic rings. The maximum Gasteiger partial charge on any atom is 0.164 e. The molecule has 0 bridgehead atoms. The lowest BCUT2D eigenvalue weighted by Crippen LogP contribution is -2.00. The van der Waals surface area contributed by atoms with Crippen LogP contribution in [0.1, 0.15) is 0 Å². The van der Waals surface area contributed by atoms with Crippen LogP contribution in [0, 0.1) is 0 Å². The van der Waals surface area contributed by atoms with Gasteiger partial charge in [-0.1, -0.05) is 158 Å². The summed E-state index contributed by atoms with van der Waals surface area (Å²) >= 11 is 0. The molecule has 0 radical (unpaired) electrons. The van der Waals surface area contributed by atoms with Crippen LogP contribution in [0.3, 0.4) is 0 Å². The molecule has 7 nitrogen and oxygen atoms in total. The first-order valence-electron chi connectivity index (χ1n) is 25.6. The SMILES string of the molecule is c1ccc(-c2nc(-c3ccc4c(c3)oc3cc(-n5c6ccccc6c6ccccc65)ccc34)nc(-c3cccc4oc5ccc(-c6ccc(-c7ccc8c(c7)c7ccccc7n8-c7ccccc7)cc6)cc5c34)n2)cc1. The Balaban J connectivity index is 0.776. The molecule has 0 fully saturated rings. The Hall–Kier alpha value is -10.4. The van der Waals surface area contributed by atoms with Gasteiger partial charge in [-0.05, 0) is 107 Å². The van der Waals surface area contributed by atoms with E-state index < -0.39 is 0 Å². The topological polar surface area (TPSA) is 74.8 Å². The summed E-state index contributed by atoms with van der Waals surface area (Å²) in [5, 5.41) is 8.91. The van der Waals surface area contributed by atoms with Gasteiger partial charge in [0.05, 0.1) is 22.1 Å². The summed E-state index contributed by atoms with van der Waals surface area (Å²) in [6.45, 7) is 0. The van der Waals surface area contributed by atoms with Gasteiger partial charge in [0, 0.05) is 77.2 Å². The summed E-state index contributed by atoms with van der Waals surface area (Å²) in [4.78, 5) is 15.6. The molecule has 76 heavy (non-hydrogen) atoms. The molecule has 0 aliphatic heterocycles. The zero-order valence-electron chi connectivity index (χ0n) is 40.7. The number of hydrogen-bond donors (Lipinski definition) is 0. The van der Waals surface area contributed by atoms with E-state index in [-0.39, 0.29) is 0 Å². The van der Waals surface area contributed by atoms with Gasteiger partial charge in [-0.3, -0.25) is 0 Å². The smallest absolute Gasteiger partial charge is 0.164 e. The van der Waals surface area contributed by atoms with Crippen molar-refractivity contribution in [3.8, 4) is 67.8 Å². The number of rotatable bonds is 7. The second-order valence-electron chi connectivity index (χ2n) is 19.5. The summed E-state index contributed by atoms with van der Waals surface area (Å²) < 4.78 is 18.0. The molecule has 0 atom stereocenters. The molecule has 16 rings (SSSR count). The van der Waals surface area contributed by atoms with E-state index in [0.29, 0.717) is 17.5 Å². The number of benzene rings is 11. The number of aromatic nitrogens is 5. The standard InChI is InChI=1S/C69H41N5O2/c1-3-14-44(15-4-1)67-70-68(47-30-34-53-54-35-33-49(41-65(54)76-64(53)40-47)74-58-22-10-7-18-50(58)51-19-8-11-23-59(51)74)72-69(71-67)55-21-13-25-63-66(55)57-39-46(32-37-62(57)75-63)43-28-26-42(27-29-43)45-31-36-61-56(38-45)52-20-9-12-24-60(52)73(61)48-16-5-2-6-17-48/h1-41H. The van der Waals surface area contributed by atoms with Gasteiger partial charge in [0.1, 0.15) is 22.3 Å². The van der Waals surface area contributed by atoms with E-state index in [1.165, 1.54) is 38.1 Å². The largest absolute Gasteiger partial charge is 0.456 e. The normalized spacial score (nSPS) is 11.9. The highest BCUT2D eigenvalue weighted by molar-refractivity contribution is 6.14. The highest BCUT2D eigenvalue weighted by atomic mass is 16.3. The first kappa shape index (κ1) is 42.2. The Morgan fingerprint density at radius 2 is 0.750 bits per heavy atom. The van der Waals surface area contributed by atoms with Gasteiger partial charge < -0.3 is 18.0 Å². The van der Waals surface area contributed by atoms with Crippen molar-refractivity contribution in [2.45, 2.75) is 0 Å². The molecule has 5 heterocycles. The van der Waals surface area contributed by atoms with Crippen LogP contribution in [0.25, 0.3) is 155 Å². The van der Waals surface area contributed by atoms with Crippen LogP contribution in [-0.4, -0.2) is 24.1 Å². The van der Waals surface area contributed by atoms with Crippen molar-refractivity contribution in [3.63, 3.8) is 0 Å². The molecule has 0 aliphatic carbocycles. The second kappa shape index (κ2) is 16.6. The Morgan fingerprint density at radius 3 is 1.45 bits per heavy atom. The number of hydrogen-bond acceptors (Lipinski definition) is 5. The third-order valence-corrected chi connectivity index (χ3v) is 15.2. The van der Waals surface area contributed by atoms with E-state index in [2.05, 4.69) is 215 Å². The zero-order chi connectivity index (χ0) is 49.8. The van der Waals surface area contributed by atoms with Crippen molar-refractivity contribution in [2.24, 2.45) is 0 Å². The first-order valence-corrected chi connectivity index (χ1v) is 25.6. The minimum Gasteiger partial charge on any atom is -0.456 e. The Kier molecular flexibility index (Phi) is 9.20. The summed E-state index contributed by atoms with van der Waals surface area (Å²) in [6.07, 6.45) is 0. The van der Waals surface area contributed by atoms with Crippen molar-refractivity contribution in [3.05, 3.63) is 249 Å². The minimum absolute atomic E-state index is 0.545. The van der Waals surface area contributed by atoms with E-state index in [0.717, 1.165) is 99.7 Å². The number of para-hydroxylation sites is 4. The number of fused-ring (bicyclic) bond motifs is 12. The van der Waals surface area contributed by atoms with E-state index in [1.807, 2.05) is 42.5 Å². The van der Waals surface area contributed by atoms with Crippen molar-refractivity contribution in [1.29, 1.82) is 0 Å². The fourth-order valence-corrected chi connectivity index (χ4v) is 11.6. The van der Waals surface area contributed by atoms with Crippen LogP contribution < -0.4 is 0 Å². The Bertz CT molecular complexity index is 4930. The fourth-order valence-electron chi connectivity index (χ4n) is 11.6. The average Bonchev–Trinajstić information content (AvgIpc) is 4.30. The Labute approximate surface area is 434 Å². The van der Waals surface area contributed by atoms with Gasteiger partial charge in [0.15, 0.2) is 17.5 Å². The summed E-state index contributed by atoms with van der Waals surface area (Å²) in [5.74, 6) is 1.67. The summed E-state index contributed by atoms with van der Waals surface area (Å²) in [5.41, 5.74) is 17.1. The predicted molar refractivity (Wildman–Crippen MR) is 310 cm³/mol. The predicted octanol–water partition coefficient (Wildman–Crippen LogP) is 18.2. The molecular weight excluding hydrogens is 931 g/mol. The highest BCUT2D eigenvalue weighted by Gasteiger charge is 2.21. The van der Waals surface area contributed by atoms with E-state index >= 15 is 0 Å². The summed E-state index contributed by atoms with van der Waals surface area (Å²) in [7, 11) is 0. The molecule has 354 valence electrons. The lowest BCUT2D eigenvalue weighted by atomic mass is 9.97. The van der Waals surface area contributed by atoms with Gasteiger partial charge >= 0.3 is 0 Å². The molecule has 7 heteroatoms. The third kappa shape index (κ3) is 6.59. The minimum atomic E-state index is 0.545. The van der Waals surface area contributed by atoms with Crippen molar-refractivity contribution in [2.75, 3.05) is 0 Å². The average molecular weight is 972 g/mol. The van der Waals surface area contributed by atoms with Crippen LogP contribution in [0.15, 0.2) is 258 Å². The van der Waals surface area contributed by atoms with Gasteiger partial charge in [-0.2, -0.15) is 0 Å². The molecule has 0 saturated carbocycles. The second-order valence-corrected chi connectivity index (χ2v) is 19.5. The zero-order valence-corrected chi connectivity index (χ0v) is 40.7. The first-order chi connectivity index (χ1) is 37.6. The van der Waals surface area contributed by atoms with Crippen molar-refractivity contribution >= 4 is 87.5 Å². The maximum absolute atomic E-state index is 6.73. The van der Waals surface area contributed by atoms with E-state index in [9.17, 15) is 0 Å². The quantitative estimate of drug-likeness (QED) is 0.159. The van der Waals surface area contributed by atoms with Gasteiger partial charge in [0.25, 0.3) is 0 Å². The maximum atomic E-state index is 6.73. The van der Waals surface area contributed by atoms with Crippen LogP contribution in [0.2, 0.25) is 0 Å². The van der Waals surface area contributed by atoms with Crippen molar-refractivity contribution < 1.29 is 8.83 Å². The lowest BCUT2D eigenvalue weighted by molar-refractivity contribution is 0.668. The van der Waals surface area contributed by atoms with E-state index in [1.54, 1.807) is 0 Å². The lowest BCUT2D eigenvalue weighted by Gasteiger charge is -2.10. The summed E-state index contributed by atoms with van der Waals surface area (Å²) in [6, 6.07) is 87.4. The molecule has 11 aromatic carbocycles. The van der Waals surface area contributed by atoms with Crippen LogP contribution in [0.4, 0.5) is 0 Å². The van der Waals surface area contributed by atoms with Crippen LogP contribution in [0.5, 0.6) is 0 Å². The molecule has 5 aromatic heterocycles. The van der Waals surface area contributed by atoms with Crippen LogP contribution >= 0.6 is 0 Å². The van der Waals surface area contributed by atoms with Crippen molar-refractivity contribution in [1.82, 2.24) is 24.1 Å². The third-order valence-electron chi connectivity index (χ3n) is 15.2. The number of furan rings is 2. The molecular formula is C69H41N5O2. The van der Waals surface area contributed by atoms with Gasteiger partial charge in [0.2, 0.25) is 0 Å². The Morgan fingerprint density at radius 1 is 0.250 bits per heavy atom. The molecule has 0 amide bonds. The highest BCUT2D eigenvalue weighted by Crippen LogP contribution is 2.41. The molecule has 0 saturated heterocycles.